The van der Waals surface area contributed by atoms with Crippen molar-refractivity contribution >= 4 is 27.4 Å². The number of nitrogens with two attached hydrogens (primary N) is 2. The third-order valence-corrected chi connectivity index (χ3v) is 7.17. The maximum absolute atomic E-state index is 12.0. The Labute approximate surface area is 209 Å². The van der Waals surface area contributed by atoms with E-state index in [2.05, 4.69) is 24.1 Å². The number of fused-ring (bicyclic) bond motifs is 1. The highest BCUT2D eigenvalue weighted by molar-refractivity contribution is 7.89. The molecule has 2 aromatic carbocycles. The minimum absolute atomic E-state index is 0.0144. The number of sulfonamides is 1. The van der Waals surface area contributed by atoms with Gasteiger partial charge in [0.2, 0.25) is 15.9 Å². The first-order valence-corrected chi connectivity index (χ1v) is 13.4. The number of imidazole rings is 1. The zero-order valence-electron chi connectivity index (χ0n) is 20.1. The van der Waals surface area contributed by atoms with E-state index in [1.165, 1.54) is 12.1 Å². The molecule has 0 aliphatic heterocycles. The van der Waals surface area contributed by atoms with E-state index in [-0.39, 0.29) is 4.90 Å². The molecule has 0 unspecified atom stereocenters. The van der Waals surface area contributed by atoms with Crippen LogP contribution in [0.25, 0.3) is 28.2 Å². The van der Waals surface area contributed by atoms with Gasteiger partial charge in [-0.15, -0.1) is 0 Å². The number of carbonyl (C=O) groups excluding carboxylic acids is 1. The van der Waals surface area contributed by atoms with Gasteiger partial charge in [-0.1, -0.05) is 32.0 Å². The first-order chi connectivity index (χ1) is 17.1. The molecule has 0 radical (unpaired) electrons. The highest BCUT2D eigenvalue weighted by atomic mass is 32.2. The Morgan fingerprint density at radius 3 is 2.61 bits per heavy atom. The minimum Gasteiger partial charge on any atom is -0.367 e. The van der Waals surface area contributed by atoms with E-state index in [0.29, 0.717) is 46.7 Å². The standard InChI is InChI=1S/C26H28N6O3S/c1-15(2)12-29-25-26-30-13-23(18-8-9-20(24(27)33)21(11-18)16-6-7-16)32(26)14-22(31-25)17-4-3-5-19(10-17)36(28,34)35/h3-5,8-11,13-16H,6-7,12H2,1-2H3,(H2,27,33)(H,29,31)(H2,28,34,35). The summed E-state index contributed by atoms with van der Waals surface area (Å²) in [5, 5.41) is 8.73. The molecule has 186 valence electrons. The molecule has 1 aliphatic carbocycles. The van der Waals surface area contributed by atoms with Crippen molar-refractivity contribution < 1.29 is 13.2 Å². The molecule has 1 aliphatic rings. The first kappa shape index (κ1) is 24.0. The molecule has 0 bridgehead atoms. The van der Waals surface area contributed by atoms with Gasteiger partial charge >= 0.3 is 0 Å². The molecule has 2 heterocycles. The van der Waals surface area contributed by atoms with Crippen LogP contribution in [-0.2, 0) is 10.0 Å². The third kappa shape index (κ3) is 4.69. The van der Waals surface area contributed by atoms with Gasteiger partial charge in [-0.05, 0) is 54.5 Å². The van der Waals surface area contributed by atoms with Crippen LogP contribution in [0.2, 0.25) is 0 Å². The quantitative estimate of drug-likeness (QED) is 0.333. The fourth-order valence-electron chi connectivity index (χ4n) is 4.27. The van der Waals surface area contributed by atoms with Crippen LogP contribution >= 0.6 is 0 Å². The highest BCUT2D eigenvalue weighted by Crippen LogP contribution is 2.43. The Bertz CT molecular complexity index is 1590. The lowest BCUT2D eigenvalue weighted by Crippen LogP contribution is -2.13. The molecule has 0 spiro atoms. The molecule has 36 heavy (non-hydrogen) atoms. The molecule has 5 N–H and O–H groups in total. The maximum atomic E-state index is 12.0. The van der Waals surface area contributed by atoms with E-state index >= 15 is 0 Å². The van der Waals surface area contributed by atoms with Crippen LogP contribution in [0.5, 0.6) is 0 Å². The van der Waals surface area contributed by atoms with Crippen LogP contribution in [0, 0.1) is 5.92 Å². The van der Waals surface area contributed by atoms with Crippen molar-refractivity contribution in [3.8, 4) is 22.5 Å². The number of hydrogen-bond donors (Lipinski definition) is 3. The number of hydrogen-bond acceptors (Lipinski definition) is 6. The van der Waals surface area contributed by atoms with Gasteiger partial charge in [0.05, 0.1) is 22.5 Å². The summed E-state index contributed by atoms with van der Waals surface area (Å²) in [4.78, 5) is 21.4. The van der Waals surface area contributed by atoms with E-state index < -0.39 is 15.9 Å². The van der Waals surface area contributed by atoms with Crippen LogP contribution in [0.4, 0.5) is 5.82 Å². The van der Waals surface area contributed by atoms with E-state index in [9.17, 15) is 13.2 Å². The van der Waals surface area contributed by atoms with Crippen LogP contribution in [-0.4, -0.2) is 35.2 Å². The van der Waals surface area contributed by atoms with Crippen molar-refractivity contribution in [2.24, 2.45) is 16.8 Å². The van der Waals surface area contributed by atoms with E-state index in [1.54, 1.807) is 24.4 Å². The highest BCUT2D eigenvalue weighted by Gasteiger charge is 2.28. The van der Waals surface area contributed by atoms with Crippen molar-refractivity contribution in [3.63, 3.8) is 0 Å². The Morgan fingerprint density at radius 1 is 1.17 bits per heavy atom. The van der Waals surface area contributed by atoms with Crippen molar-refractivity contribution in [2.75, 3.05) is 11.9 Å². The van der Waals surface area contributed by atoms with Crippen LogP contribution < -0.4 is 16.2 Å². The van der Waals surface area contributed by atoms with Crippen molar-refractivity contribution in [3.05, 3.63) is 66.0 Å². The number of amides is 1. The molecule has 1 saturated carbocycles. The molecule has 1 fully saturated rings. The van der Waals surface area contributed by atoms with Gasteiger partial charge in [-0.3, -0.25) is 9.20 Å². The summed E-state index contributed by atoms with van der Waals surface area (Å²) in [6.07, 6.45) is 5.68. The fourth-order valence-corrected chi connectivity index (χ4v) is 4.83. The number of carbonyl (C=O) groups is 1. The lowest BCUT2D eigenvalue weighted by Gasteiger charge is -2.13. The van der Waals surface area contributed by atoms with E-state index in [4.69, 9.17) is 15.9 Å². The summed E-state index contributed by atoms with van der Waals surface area (Å²) in [6.45, 7) is 4.88. The Kier molecular flexibility index (Phi) is 6.01. The summed E-state index contributed by atoms with van der Waals surface area (Å²) >= 11 is 0. The largest absolute Gasteiger partial charge is 0.367 e. The number of anilines is 1. The number of primary sulfonamides is 1. The smallest absolute Gasteiger partial charge is 0.248 e. The SMILES string of the molecule is CC(C)CNc1nc(-c2cccc(S(N)(=O)=O)c2)cn2c(-c3ccc(C(N)=O)c(C4CC4)c3)cnc12. The Balaban J connectivity index is 1.69. The average molecular weight is 505 g/mol. The molecule has 0 atom stereocenters. The fraction of sp³-hybridized carbons (Fsp3) is 0.269. The third-order valence-electron chi connectivity index (χ3n) is 6.26. The average Bonchev–Trinajstić information content (AvgIpc) is 3.60. The number of benzene rings is 2. The molecule has 1 amide bonds. The zero-order chi connectivity index (χ0) is 25.6. The minimum atomic E-state index is -3.87. The number of nitrogens with zero attached hydrogens (tertiary/aromatic N) is 3. The molecular formula is C26H28N6O3S. The van der Waals surface area contributed by atoms with Crippen molar-refractivity contribution in [1.82, 2.24) is 14.4 Å². The summed E-state index contributed by atoms with van der Waals surface area (Å²) in [7, 11) is -3.87. The topological polar surface area (TPSA) is 145 Å². The van der Waals surface area contributed by atoms with Gasteiger partial charge in [0.15, 0.2) is 11.5 Å². The molecule has 0 saturated heterocycles. The normalized spacial score (nSPS) is 13.9. The number of aromatic nitrogens is 3. The molecule has 2 aromatic heterocycles. The molecular weight excluding hydrogens is 476 g/mol. The first-order valence-electron chi connectivity index (χ1n) is 11.8. The number of primary amides is 1. The summed E-state index contributed by atoms with van der Waals surface area (Å²) in [6, 6.07) is 12.1. The summed E-state index contributed by atoms with van der Waals surface area (Å²) in [5.74, 6) is 0.874. The van der Waals surface area contributed by atoms with E-state index in [0.717, 1.165) is 29.7 Å². The zero-order valence-corrected chi connectivity index (χ0v) is 20.9. The Hall–Kier alpha value is -3.76. The predicted octanol–water partition coefficient (Wildman–Crippen LogP) is 3.75. The van der Waals surface area contributed by atoms with Gasteiger partial charge in [0, 0.05) is 29.4 Å². The number of rotatable bonds is 8. The second kappa shape index (κ2) is 9.03. The van der Waals surface area contributed by atoms with Crippen LogP contribution in [0.3, 0.4) is 0 Å². The van der Waals surface area contributed by atoms with E-state index in [1.807, 2.05) is 22.7 Å². The molecule has 10 heteroatoms. The Morgan fingerprint density at radius 2 is 1.94 bits per heavy atom. The van der Waals surface area contributed by atoms with Gasteiger partial charge in [-0.25, -0.2) is 23.5 Å². The molecule has 5 rings (SSSR count). The summed E-state index contributed by atoms with van der Waals surface area (Å²) < 4.78 is 25.8. The maximum Gasteiger partial charge on any atom is 0.248 e. The monoisotopic (exact) mass is 504 g/mol. The van der Waals surface area contributed by atoms with Crippen LogP contribution in [0.15, 0.2) is 59.8 Å². The second-order valence-electron chi connectivity index (χ2n) is 9.60. The van der Waals surface area contributed by atoms with Gasteiger partial charge in [0.25, 0.3) is 0 Å². The van der Waals surface area contributed by atoms with Gasteiger partial charge in [0.1, 0.15) is 0 Å². The van der Waals surface area contributed by atoms with Gasteiger partial charge < -0.3 is 11.1 Å². The molecule has 4 aromatic rings. The van der Waals surface area contributed by atoms with Crippen LogP contribution in [0.1, 0.15) is 48.5 Å². The summed E-state index contributed by atoms with van der Waals surface area (Å²) in [5.41, 5.74) is 10.7. The van der Waals surface area contributed by atoms with Crippen molar-refractivity contribution in [2.45, 2.75) is 37.5 Å². The van der Waals surface area contributed by atoms with Gasteiger partial charge in [-0.2, -0.15) is 0 Å². The molecule has 9 nitrogen and oxygen atoms in total. The lowest BCUT2D eigenvalue weighted by molar-refractivity contribution is 0.0999. The predicted molar refractivity (Wildman–Crippen MR) is 139 cm³/mol. The number of nitrogens with one attached hydrogen (secondary N) is 1. The lowest BCUT2D eigenvalue weighted by atomic mass is 9.98. The van der Waals surface area contributed by atoms with Crippen molar-refractivity contribution in [1.29, 1.82) is 0 Å². The second-order valence-corrected chi connectivity index (χ2v) is 11.2.